The molecule has 1 atom stereocenters. The molecule has 0 heterocycles. The van der Waals surface area contributed by atoms with Crippen molar-refractivity contribution in [3.63, 3.8) is 0 Å². The van der Waals surface area contributed by atoms with Gasteiger partial charge in [-0.05, 0) is 25.5 Å². The normalized spacial score (nSPS) is 12.3. The number of hydrogen-bond acceptors (Lipinski definition) is 2. The van der Waals surface area contributed by atoms with Gasteiger partial charge in [0.1, 0.15) is 5.82 Å². The van der Waals surface area contributed by atoms with Crippen LogP contribution in [0.2, 0.25) is 0 Å². The Morgan fingerprint density at radius 3 is 2.87 bits per heavy atom. The minimum Gasteiger partial charge on any atom is -0.324 e. The van der Waals surface area contributed by atoms with Crippen LogP contribution >= 0.6 is 0 Å². The highest BCUT2D eigenvalue weighted by Crippen LogP contribution is 2.17. The molecule has 15 heavy (non-hydrogen) atoms. The number of carbonyl (C=O) groups excluding carboxylic acids is 1. The van der Waals surface area contributed by atoms with E-state index in [1.54, 1.807) is 19.1 Å². The SMILES string of the molecule is CC[C@@H](N)C(=O)Nc1cccc(F)c1C. The summed E-state index contributed by atoms with van der Waals surface area (Å²) in [5, 5.41) is 2.60. The van der Waals surface area contributed by atoms with Crippen LogP contribution in [0.1, 0.15) is 18.9 Å². The summed E-state index contributed by atoms with van der Waals surface area (Å²) in [5.74, 6) is -0.621. The van der Waals surface area contributed by atoms with Gasteiger partial charge >= 0.3 is 0 Å². The predicted octanol–water partition coefficient (Wildman–Crippen LogP) is 1.81. The highest BCUT2D eigenvalue weighted by Gasteiger charge is 2.12. The van der Waals surface area contributed by atoms with E-state index in [1.807, 2.05) is 6.92 Å². The third kappa shape index (κ3) is 2.76. The lowest BCUT2D eigenvalue weighted by Gasteiger charge is -2.12. The van der Waals surface area contributed by atoms with Crippen LogP contribution in [0.3, 0.4) is 0 Å². The maximum absolute atomic E-state index is 13.1. The molecule has 82 valence electrons. The third-order valence-electron chi connectivity index (χ3n) is 2.30. The fraction of sp³-hybridized carbons (Fsp3) is 0.364. The first-order valence-corrected chi connectivity index (χ1v) is 4.87. The molecular formula is C11H15FN2O. The highest BCUT2D eigenvalue weighted by atomic mass is 19.1. The van der Waals surface area contributed by atoms with Gasteiger partial charge in [-0.2, -0.15) is 0 Å². The molecule has 0 fully saturated rings. The number of nitrogens with one attached hydrogen (secondary N) is 1. The van der Waals surface area contributed by atoms with Crippen molar-refractivity contribution < 1.29 is 9.18 Å². The second-order valence-electron chi connectivity index (χ2n) is 3.42. The molecule has 0 radical (unpaired) electrons. The van der Waals surface area contributed by atoms with Gasteiger partial charge in [-0.25, -0.2) is 4.39 Å². The van der Waals surface area contributed by atoms with Gasteiger partial charge in [-0.3, -0.25) is 4.79 Å². The summed E-state index contributed by atoms with van der Waals surface area (Å²) in [7, 11) is 0. The molecule has 0 spiro atoms. The van der Waals surface area contributed by atoms with Crippen molar-refractivity contribution in [2.45, 2.75) is 26.3 Å². The van der Waals surface area contributed by atoms with Crippen molar-refractivity contribution in [1.29, 1.82) is 0 Å². The number of halogens is 1. The number of nitrogens with two attached hydrogens (primary N) is 1. The van der Waals surface area contributed by atoms with Crippen LogP contribution in [-0.2, 0) is 4.79 Å². The van der Waals surface area contributed by atoms with E-state index >= 15 is 0 Å². The molecule has 1 rings (SSSR count). The van der Waals surface area contributed by atoms with Gasteiger partial charge in [0.2, 0.25) is 5.91 Å². The van der Waals surface area contributed by atoms with Crippen LogP contribution in [0.25, 0.3) is 0 Å². The fourth-order valence-corrected chi connectivity index (χ4v) is 1.15. The van der Waals surface area contributed by atoms with E-state index < -0.39 is 6.04 Å². The molecule has 3 nitrogen and oxygen atoms in total. The number of rotatable bonds is 3. The van der Waals surface area contributed by atoms with Gasteiger partial charge in [-0.1, -0.05) is 13.0 Å². The van der Waals surface area contributed by atoms with Crippen molar-refractivity contribution in [2.24, 2.45) is 5.73 Å². The summed E-state index contributed by atoms with van der Waals surface area (Å²) in [6.07, 6.45) is 0.556. The van der Waals surface area contributed by atoms with Gasteiger partial charge in [0, 0.05) is 11.3 Å². The lowest BCUT2D eigenvalue weighted by molar-refractivity contribution is -0.117. The lowest BCUT2D eigenvalue weighted by Crippen LogP contribution is -2.35. The standard InChI is InChI=1S/C11H15FN2O/c1-3-9(13)11(15)14-10-6-4-5-8(12)7(10)2/h4-6,9H,3,13H2,1-2H3,(H,14,15)/t9-/m1/s1. The van der Waals surface area contributed by atoms with Crippen molar-refractivity contribution in [3.05, 3.63) is 29.6 Å². The van der Waals surface area contributed by atoms with Gasteiger partial charge in [0.15, 0.2) is 0 Å². The molecule has 0 aliphatic rings. The number of amides is 1. The second-order valence-corrected chi connectivity index (χ2v) is 3.42. The average Bonchev–Trinajstić information content (AvgIpc) is 2.23. The number of hydrogen-bond donors (Lipinski definition) is 2. The highest BCUT2D eigenvalue weighted by molar-refractivity contribution is 5.95. The first-order valence-electron chi connectivity index (χ1n) is 4.87. The minimum atomic E-state index is -0.548. The van der Waals surface area contributed by atoms with Crippen molar-refractivity contribution in [2.75, 3.05) is 5.32 Å². The monoisotopic (exact) mass is 210 g/mol. The third-order valence-corrected chi connectivity index (χ3v) is 2.30. The molecule has 0 aliphatic carbocycles. The molecule has 1 aromatic carbocycles. The molecule has 0 saturated carbocycles. The van der Waals surface area contributed by atoms with Gasteiger partial charge in [0.25, 0.3) is 0 Å². The number of benzene rings is 1. The van der Waals surface area contributed by atoms with E-state index in [9.17, 15) is 9.18 Å². The summed E-state index contributed by atoms with van der Waals surface area (Å²) in [6.45, 7) is 3.44. The second kappa shape index (κ2) is 4.89. The fourth-order valence-electron chi connectivity index (χ4n) is 1.15. The van der Waals surface area contributed by atoms with E-state index in [0.29, 0.717) is 17.7 Å². The van der Waals surface area contributed by atoms with E-state index in [4.69, 9.17) is 5.73 Å². The number of anilines is 1. The summed E-state index contributed by atoms with van der Waals surface area (Å²) < 4.78 is 13.1. The molecule has 1 aromatic rings. The van der Waals surface area contributed by atoms with E-state index in [1.165, 1.54) is 6.07 Å². The topological polar surface area (TPSA) is 55.1 Å². The van der Waals surface area contributed by atoms with Crippen LogP contribution in [0, 0.1) is 12.7 Å². The zero-order chi connectivity index (χ0) is 11.4. The first-order chi connectivity index (χ1) is 7.06. The van der Waals surface area contributed by atoms with Crippen molar-refractivity contribution in [1.82, 2.24) is 0 Å². The molecular weight excluding hydrogens is 195 g/mol. The Labute approximate surface area is 88.5 Å². The summed E-state index contributed by atoms with van der Waals surface area (Å²) >= 11 is 0. The Hall–Kier alpha value is -1.42. The van der Waals surface area contributed by atoms with Crippen LogP contribution in [0.15, 0.2) is 18.2 Å². The summed E-state index contributed by atoms with van der Waals surface area (Å²) in [4.78, 5) is 11.4. The van der Waals surface area contributed by atoms with Crippen molar-refractivity contribution in [3.8, 4) is 0 Å². The molecule has 0 unspecified atom stereocenters. The molecule has 0 aromatic heterocycles. The Morgan fingerprint density at radius 1 is 1.60 bits per heavy atom. The minimum absolute atomic E-state index is 0.286. The smallest absolute Gasteiger partial charge is 0.241 e. The average molecular weight is 210 g/mol. The number of carbonyl (C=O) groups is 1. The summed E-state index contributed by atoms with van der Waals surface area (Å²) in [5.41, 5.74) is 6.45. The van der Waals surface area contributed by atoms with Gasteiger partial charge < -0.3 is 11.1 Å². The maximum Gasteiger partial charge on any atom is 0.241 e. The van der Waals surface area contributed by atoms with Crippen LogP contribution < -0.4 is 11.1 Å². The molecule has 0 bridgehead atoms. The largest absolute Gasteiger partial charge is 0.324 e. The first kappa shape index (κ1) is 11.7. The summed E-state index contributed by atoms with van der Waals surface area (Å²) in [6, 6.07) is 4.01. The van der Waals surface area contributed by atoms with Crippen LogP contribution in [-0.4, -0.2) is 11.9 Å². The molecule has 0 aliphatic heterocycles. The Bertz CT molecular complexity index is 366. The molecule has 0 saturated heterocycles. The lowest BCUT2D eigenvalue weighted by atomic mass is 10.1. The Morgan fingerprint density at radius 2 is 2.27 bits per heavy atom. The zero-order valence-corrected chi connectivity index (χ0v) is 8.88. The molecule has 3 N–H and O–H groups in total. The van der Waals surface area contributed by atoms with E-state index in [-0.39, 0.29) is 11.7 Å². The van der Waals surface area contributed by atoms with Gasteiger partial charge in [0.05, 0.1) is 6.04 Å². The quantitative estimate of drug-likeness (QED) is 0.799. The van der Waals surface area contributed by atoms with Crippen LogP contribution in [0.5, 0.6) is 0 Å². The Kier molecular flexibility index (Phi) is 3.80. The van der Waals surface area contributed by atoms with Crippen LogP contribution in [0.4, 0.5) is 10.1 Å². The van der Waals surface area contributed by atoms with Crippen molar-refractivity contribution >= 4 is 11.6 Å². The van der Waals surface area contributed by atoms with E-state index in [2.05, 4.69) is 5.32 Å². The molecule has 4 heteroatoms. The Balaban J connectivity index is 2.81. The maximum atomic E-state index is 13.1. The zero-order valence-electron chi connectivity index (χ0n) is 8.88. The predicted molar refractivity (Wildman–Crippen MR) is 58.0 cm³/mol. The van der Waals surface area contributed by atoms with Gasteiger partial charge in [-0.15, -0.1) is 0 Å². The molecule has 1 amide bonds. The van der Waals surface area contributed by atoms with E-state index in [0.717, 1.165) is 0 Å².